The Hall–Kier alpha value is -1.94. The van der Waals surface area contributed by atoms with Crippen LogP contribution in [0.15, 0.2) is 48.5 Å². The molecule has 128 valence electrons. The Balaban J connectivity index is 1.59. The number of ether oxygens (including phenoxy) is 1. The van der Waals surface area contributed by atoms with Crippen molar-refractivity contribution >= 4 is 17.7 Å². The zero-order valence-electron chi connectivity index (χ0n) is 14.4. The van der Waals surface area contributed by atoms with Gasteiger partial charge in [0, 0.05) is 12.3 Å². The van der Waals surface area contributed by atoms with Crippen LogP contribution in [0.4, 0.5) is 0 Å². The maximum atomic E-state index is 11.9. The maximum Gasteiger partial charge on any atom is 0.230 e. The molecule has 1 N–H and O–H groups in total. The van der Waals surface area contributed by atoms with Gasteiger partial charge in [-0.05, 0) is 43.0 Å². The topological polar surface area (TPSA) is 38.3 Å². The summed E-state index contributed by atoms with van der Waals surface area (Å²) in [6, 6.07) is 16.5. The highest BCUT2D eigenvalue weighted by atomic mass is 32.2. The number of carbonyl (C=O) groups is 1. The van der Waals surface area contributed by atoms with Gasteiger partial charge in [-0.3, -0.25) is 4.79 Å². The predicted octanol–water partition coefficient (Wildman–Crippen LogP) is 3.99. The minimum absolute atomic E-state index is 0.110. The van der Waals surface area contributed by atoms with Crippen molar-refractivity contribution in [2.75, 3.05) is 19.4 Å². The molecule has 0 saturated heterocycles. The van der Waals surface area contributed by atoms with Gasteiger partial charge in [0.25, 0.3) is 0 Å². The molecular formula is C20H25NO2S. The molecule has 2 aromatic carbocycles. The standard InChI is InChI=1S/C20H25NO2S/c1-16-6-3-8-18(12-16)14-24-15-20(22)21-11-5-9-17-7-4-10-19(13-17)23-2/h3-4,6-8,10,12-13H,5,9,11,14-15H2,1-2H3,(H,21,22). The van der Waals surface area contributed by atoms with Gasteiger partial charge >= 0.3 is 0 Å². The van der Waals surface area contributed by atoms with E-state index in [1.54, 1.807) is 18.9 Å². The van der Waals surface area contributed by atoms with E-state index in [-0.39, 0.29) is 5.91 Å². The molecular weight excluding hydrogens is 318 g/mol. The number of thioether (sulfide) groups is 1. The molecule has 0 fully saturated rings. The van der Waals surface area contributed by atoms with Crippen molar-refractivity contribution in [3.8, 4) is 5.75 Å². The van der Waals surface area contributed by atoms with E-state index in [2.05, 4.69) is 42.6 Å². The first kappa shape index (κ1) is 18.4. The van der Waals surface area contributed by atoms with E-state index in [4.69, 9.17) is 4.74 Å². The van der Waals surface area contributed by atoms with Gasteiger partial charge in [-0.15, -0.1) is 11.8 Å². The van der Waals surface area contributed by atoms with Crippen LogP contribution in [0.5, 0.6) is 5.75 Å². The zero-order chi connectivity index (χ0) is 17.2. The van der Waals surface area contributed by atoms with E-state index in [1.165, 1.54) is 16.7 Å². The monoisotopic (exact) mass is 343 g/mol. The number of aryl methyl sites for hydroxylation is 2. The highest BCUT2D eigenvalue weighted by Gasteiger charge is 2.02. The fraction of sp³-hybridized carbons (Fsp3) is 0.350. The fourth-order valence-electron chi connectivity index (χ4n) is 2.46. The van der Waals surface area contributed by atoms with E-state index < -0.39 is 0 Å². The Bertz CT molecular complexity index is 658. The Morgan fingerprint density at radius 1 is 1.12 bits per heavy atom. The molecule has 0 aliphatic carbocycles. The van der Waals surface area contributed by atoms with Crippen LogP contribution in [0.25, 0.3) is 0 Å². The largest absolute Gasteiger partial charge is 0.497 e. The van der Waals surface area contributed by atoms with Crippen LogP contribution in [0.3, 0.4) is 0 Å². The summed E-state index contributed by atoms with van der Waals surface area (Å²) < 4.78 is 5.21. The molecule has 0 aliphatic rings. The third kappa shape index (κ3) is 6.67. The number of rotatable bonds is 9. The molecule has 0 radical (unpaired) electrons. The molecule has 0 atom stereocenters. The van der Waals surface area contributed by atoms with Gasteiger partial charge in [0.2, 0.25) is 5.91 Å². The maximum absolute atomic E-state index is 11.9. The van der Waals surface area contributed by atoms with Gasteiger partial charge in [0.1, 0.15) is 5.75 Å². The third-order valence-corrected chi connectivity index (χ3v) is 4.69. The summed E-state index contributed by atoms with van der Waals surface area (Å²) in [6.07, 6.45) is 1.87. The van der Waals surface area contributed by atoms with Crippen LogP contribution in [0.2, 0.25) is 0 Å². The van der Waals surface area contributed by atoms with Crippen molar-refractivity contribution in [2.24, 2.45) is 0 Å². The number of hydrogen-bond acceptors (Lipinski definition) is 3. The molecule has 0 heterocycles. The zero-order valence-corrected chi connectivity index (χ0v) is 15.2. The Labute approximate surface area is 148 Å². The highest BCUT2D eigenvalue weighted by molar-refractivity contribution is 7.99. The number of carbonyl (C=O) groups excluding carboxylic acids is 1. The average molecular weight is 343 g/mol. The highest BCUT2D eigenvalue weighted by Crippen LogP contribution is 2.14. The number of benzene rings is 2. The van der Waals surface area contributed by atoms with Crippen LogP contribution >= 0.6 is 11.8 Å². The first-order valence-corrected chi connectivity index (χ1v) is 9.36. The smallest absolute Gasteiger partial charge is 0.230 e. The molecule has 24 heavy (non-hydrogen) atoms. The van der Waals surface area contributed by atoms with Crippen LogP contribution in [-0.4, -0.2) is 25.3 Å². The molecule has 2 aromatic rings. The Morgan fingerprint density at radius 2 is 1.92 bits per heavy atom. The lowest BCUT2D eigenvalue weighted by Gasteiger charge is -2.07. The van der Waals surface area contributed by atoms with Crippen molar-refractivity contribution in [1.29, 1.82) is 0 Å². The first-order valence-electron chi connectivity index (χ1n) is 8.20. The lowest BCUT2D eigenvalue weighted by molar-refractivity contribution is -0.118. The van der Waals surface area contributed by atoms with E-state index in [0.29, 0.717) is 12.3 Å². The molecule has 0 aromatic heterocycles. The van der Waals surface area contributed by atoms with Crippen LogP contribution in [0, 0.1) is 6.92 Å². The quantitative estimate of drug-likeness (QED) is 0.700. The first-order chi connectivity index (χ1) is 11.7. The van der Waals surface area contributed by atoms with Crippen molar-refractivity contribution in [3.63, 3.8) is 0 Å². The minimum Gasteiger partial charge on any atom is -0.497 e. The second-order valence-corrected chi connectivity index (χ2v) is 6.77. The predicted molar refractivity (Wildman–Crippen MR) is 102 cm³/mol. The number of amides is 1. The molecule has 0 saturated carbocycles. The molecule has 0 unspecified atom stereocenters. The molecule has 3 nitrogen and oxygen atoms in total. The SMILES string of the molecule is COc1cccc(CCCNC(=O)CSCc2cccc(C)c2)c1. The van der Waals surface area contributed by atoms with Crippen molar-refractivity contribution < 1.29 is 9.53 Å². The van der Waals surface area contributed by atoms with Gasteiger partial charge in [-0.25, -0.2) is 0 Å². The minimum atomic E-state index is 0.110. The summed E-state index contributed by atoms with van der Waals surface area (Å²) in [5.74, 6) is 2.37. The summed E-state index contributed by atoms with van der Waals surface area (Å²) in [7, 11) is 1.67. The summed E-state index contributed by atoms with van der Waals surface area (Å²) in [5.41, 5.74) is 3.76. The molecule has 0 aliphatic heterocycles. The molecule has 2 rings (SSSR count). The van der Waals surface area contributed by atoms with Crippen LogP contribution < -0.4 is 10.1 Å². The van der Waals surface area contributed by atoms with Crippen LogP contribution in [-0.2, 0) is 17.0 Å². The third-order valence-electron chi connectivity index (χ3n) is 3.68. The second-order valence-electron chi connectivity index (χ2n) is 5.79. The van der Waals surface area contributed by atoms with E-state index in [9.17, 15) is 4.79 Å². The summed E-state index contributed by atoms with van der Waals surface area (Å²) in [6.45, 7) is 2.80. The molecule has 0 spiro atoms. The van der Waals surface area contributed by atoms with E-state index in [1.807, 2.05) is 18.2 Å². The number of nitrogens with one attached hydrogen (secondary N) is 1. The van der Waals surface area contributed by atoms with Crippen LogP contribution in [0.1, 0.15) is 23.1 Å². The molecule has 0 bridgehead atoms. The van der Waals surface area contributed by atoms with Gasteiger partial charge < -0.3 is 10.1 Å². The van der Waals surface area contributed by atoms with E-state index >= 15 is 0 Å². The fourth-order valence-corrected chi connectivity index (χ4v) is 3.27. The van der Waals surface area contributed by atoms with Crippen molar-refractivity contribution in [2.45, 2.75) is 25.5 Å². The number of hydrogen-bond donors (Lipinski definition) is 1. The van der Waals surface area contributed by atoms with E-state index in [0.717, 1.165) is 24.3 Å². The molecule has 4 heteroatoms. The van der Waals surface area contributed by atoms with Gasteiger partial charge in [-0.1, -0.05) is 42.0 Å². The lowest BCUT2D eigenvalue weighted by Crippen LogP contribution is -2.26. The van der Waals surface area contributed by atoms with Gasteiger partial charge in [0.05, 0.1) is 12.9 Å². The van der Waals surface area contributed by atoms with Crippen molar-refractivity contribution in [1.82, 2.24) is 5.32 Å². The Kier molecular flexibility index (Phi) is 7.69. The summed E-state index contributed by atoms with van der Waals surface area (Å²) in [4.78, 5) is 11.9. The number of methoxy groups -OCH3 is 1. The lowest BCUT2D eigenvalue weighted by atomic mass is 10.1. The Morgan fingerprint density at radius 3 is 2.71 bits per heavy atom. The van der Waals surface area contributed by atoms with Crippen molar-refractivity contribution in [3.05, 3.63) is 65.2 Å². The average Bonchev–Trinajstić information content (AvgIpc) is 2.59. The summed E-state index contributed by atoms with van der Waals surface area (Å²) in [5, 5.41) is 2.99. The molecule has 1 amide bonds. The second kappa shape index (κ2) is 10.0. The van der Waals surface area contributed by atoms with Gasteiger partial charge in [-0.2, -0.15) is 0 Å². The normalized spacial score (nSPS) is 10.4. The summed E-state index contributed by atoms with van der Waals surface area (Å²) >= 11 is 1.65. The van der Waals surface area contributed by atoms with Gasteiger partial charge in [0.15, 0.2) is 0 Å².